The molecule has 17 nitrogen and oxygen atoms in total. The SMILES string of the molecule is CCCCCCCCCCCCCCCCCCCCCCC(=O)O[C@H](COC(=O)CCCCCCCCCCCCCC(C)C)COP(=O)(O)OC[C@@H](O)COP(=O)(O)OC[C@@H](COC(=O)CCCCCCCCCC)OC(=O)CCCCCCCCCCCC. The topological polar surface area (TPSA) is 237 Å². The molecule has 0 aromatic rings. The monoisotopic (exact) mass is 1350 g/mol. The smallest absolute Gasteiger partial charge is 0.462 e. The summed E-state index contributed by atoms with van der Waals surface area (Å²) in [5, 5.41) is 10.6. The fraction of sp³-hybridized carbons (Fsp3) is 0.945. The zero-order valence-corrected chi connectivity index (χ0v) is 61.5. The number of phosphoric ester groups is 2. The number of aliphatic hydroxyl groups excluding tert-OH is 1. The Kier molecular flexibility index (Phi) is 64.9. The van der Waals surface area contributed by atoms with Crippen molar-refractivity contribution in [2.75, 3.05) is 39.6 Å². The zero-order chi connectivity index (χ0) is 67.7. The Morgan fingerprint density at radius 1 is 0.293 bits per heavy atom. The van der Waals surface area contributed by atoms with Crippen molar-refractivity contribution in [2.24, 2.45) is 5.92 Å². The van der Waals surface area contributed by atoms with Gasteiger partial charge in [0.05, 0.1) is 26.4 Å². The number of carbonyl (C=O) groups is 4. The number of aliphatic hydroxyl groups is 1. The van der Waals surface area contributed by atoms with Crippen LogP contribution in [0.2, 0.25) is 0 Å². The van der Waals surface area contributed by atoms with Crippen molar-refractivity contribution in [3.63, 3.8) is 0 Å². The third-order valence-electron chi connectivity index (χ3n) is 17.0. The Labute approximate surface area is 562 Å². The largest absolute Gasteiger partial charge is 0.472 e. The molecule has 0 saturated carbocycles. The van der Waals surface area contributed by atoms with E-state index in [4.69, 9.17) is 37.0 Å². The summed E-state index contributed by atoms with van der Waals surface area (Å²) in [4.78, 5) is 72.5. The van der Waals surface area contributed by atoms with Crippen molar-refractivity contribution in [1.29, 1.82) is 0 Å². The Hall–Kier alpha value is -1.94. The standard InChI is InChI=1S/C73H142O17P2/c1-6-9-12-15-18-21-23-24-25-26-27-28-29-30-31-34-39-44-49-54-59-73(78)90-69(63-84-71(76)57-52-47-42-38-35-32-33-36-40-45-50-55-66(4)5)65-88-92(81,82)86-61-67(74)60-85-91(79,80)87-64-68(62-83-70(75)56-51-46-41-20-17-14-11-8-3)89-72(77)58-53-48-43-37-22-19-16-13-10-7-2/h66-69,74H,6-65H2,1-5H3,(H,79,80)(H,81,82)/t67-,68+,69+/m0/s1. The lowest BCUT2D eigenvalue weighted by Gasteiger charge is -2.21. The molecule has 2 unspecified atom stereocenters. The maximum absolute atomic E-state index is 13.1. The summed E-state index contributed by atoms with van der Waals surface area (Å²) in [5.74, 6) is -1.35. The van der Waals surface area contributed by atoms with Crippen LogP contribution in [0.1, 0.15) is 381 Å². The molecule has 0 aromatic carbocycles. The molecular weight excluding hydrogens is 1210 g/mol. The van der Waals surface area contributed by atoms with Crippen LogP contribution >= 0.6 is 15.6 Å². The summed E-state index contributed by atoms with van der Waals surface area (Å²) in [5.41, 5.74) is 0. The zero-order valence-electron chi connectivity index (χ0n) is 59.7. The van der Waals surface area contributed by atoms with Crippen LogP contribution in [0, 0.1) is 5.92 Å². The van der Waals surface area contributed by atoms with Crippen molar-refractivity contribution in [1.82, 2.24) is 0 Å². The molecule has 0 fully saturated rings. The second-order valence-corrected chi connectivity index (χ2v) is 29.7. The molecule has 0 aliphatic heterocycles. The van der Waals surface area contributed by atoms with Crippen LogP contribution in [0.15, 0.2) is 0 Å². The minimum atomic E-state index is -4.95. The number of esters is 4. The van der Waals surface area contributed by atoms with Crippen LogP contribution in [0.25, 0.3) is 0 Å². The van der Waals surface area contributed by atoms with Gasteiger partial charge in [0, 0.05) is 25.7 Å². The lowest BCUT2D eigenvalue weighted by molar-refractivity contribution is -0.161. The molecule has 0 heterocycles. The van der Waals surface area contributed by atoms with E-state index >= 15 is 0 Å². The van der Waals surface area contributed by atoms with Crippen LogP contribution in [0.5, 0.6) is 0 Å². The first-order valence-electron chi connectivity index (χ1n) is 38.1. The highest BCUT2D eigenvalue weighted by atomic mass is 31.2. The average molecular weight is 1350 g/mol. The first-order chi connectivity index (χ1) is 44.5. The van der Waals surface area contributed by atoms with Gasteiger partial charge in [-0.3, -0.25) is 37.3 Å². The van der Waals surface area contributed by atoms with Crippen molar-refractivity contribution in [3.8, 4) is 0 Å². The Bertz CT molecular complexity index is 1770. The molecule has 0 aliphatic rings. The molecular formula is C73H142O17P2. The van der Waals surface area contributed by atoms with Gasteiger partial charge in [-0.25, -0.2) is 9.13 Å². The second-order valence-electron chi connectivity index (χ2n) is 26.8. The van der Waals surface area contributed by atoms with Crippen LogP contribution in [-0.4, -0.2) is 96.7 Å². The lowest BCUT2D eigenvalue weighted by atomic mass is 10.0. The van der Waals surface area contributed by atoms with Gasteiger partial charge in [-0.1, -0.05) is 330 Å². The van der Waals surface area contributed by atoms with Crippen LogP contribution in [-0.2, 0) is 65.4 Å². The normalized spacial score (nSPS) is 14.0. The Morgan fingerprint density at radius 2 is 0.500 bits per heavy atom. The summed E-state index contributed by atoms with van der Waals surface area (Å²) in [6.45, 7) is 7.24. The molecule has 0 bridgehead atoms. The molecule has 0 aromatic heterocycles. The molecule has 546 valence electrons. The van der Waals surface area contributed by atoms with Crippen LogP contribution in [0.3, 0.4) is 0 Å². The number of carbonyl (C=O) groups excluding carboxylic acids is 4. The molecule has 3 N–H and O–H groups in total. The second kappa shape index (κ2) is 66.3. The number of ether oxygens (including phenoxy) is 4. The van der Waals surface area contributed by atoms with Gasteiger partial charge in [0.2, 0.25) is 0 Å². The molecule has 0 radical (unpaired) electrons. The molecule has 0 spiro atoms. The van der Waals surface area contributed by atoms with Crippen molar-refractivity contribution >= 4 is 39.5 Å². The lowest BCUT2D eigenvalue weighted by Crippen LogP contribution is -2.30. The van der Waals surface area contributed by atoms with E-state index in [0.717, 1.165) is 102 Å². The maximum atomic E-state index is 13.1. The molecule has 0 saturated heterocycles. The van der Waals surface area contributed by atoms with Gasteiger partial charge in [0.25, 0.3) is 0 Å². The number of hydrogen-bond acceptors (Lipinski definition) is 15. The average Bonchev–Trinajstić information content (AvgIpc) is 3.34. The predicted molar refractivity (Wildman–Crippen MR) is 372 cm³/mol. The number of unbranched alkanes of at least 4 members (excludes halogenated alkanes) is 45. The van der Waals surface area contributed by atoms with Gasteiger partial charge in [-0.05, 0) is 31.6 Å². The number of phosphoric acid groups is 2. The van der Waals surface area contributed by atoms with E-state index in [1.54, 1.807) is 0 Å². The van der Waals surface area contributed by atoms with Gasteiger partial charge in [0.15, 0.2) is 12.2 Å². The van der Waals surface area contributed by atoms with Gasteiger partial charge in [-0.2, -0.15) is 0 Å². The van der Waals surface area contributed by atoms with E-state index in [2.05, 4.69) is 34.6 Å². The number of hydrogen-bond donors (Lipinski definition) is 3. The Morgan fingerprint density at radius 3 is 0.739 bits per heavy atom. The van der Waals surface area contributed by atoms with Gasteiger partial charge in [-0.15, -0.1) is 0 Å². The predicted octanol–water partition coefficient (Wildman–Crippen LogP) is 21.3. The van der Waals surface area contributed by atoms with Crippen molar-refractivity contribution in [2.45, 2.75) is 400 Å². The molecule has 0 amide bonds. The van der Waals surface area contributed by atoms with E-state index in [9.17, 15) is 43.2 Å². The quantitative estimate of drug-likeness (QED) is 0.0222. The van der Waals surface area contributed by atoms with Crippen LogP contribution in [0.4, 0.5) is 0 Å². The van der Waals surface area contributed by atoms with Crippen molar-refractivity contribution < 1.29 is 80.2 Å². The molecule has 19 heteroatoms. The highest BCUT2D eigenvalue weighted by Gasteiger charge is 2.30. The summed E-state index contributed by atoms with van der Waals surface area (Å²) < 4.78 is 68.3. The fourth-order valence-corrected chi connectivity index (χ4v) is 12.8. The highest BCUT2D eigenvalue weighted by Crippen LogP contribution is 2.45. The van der Waals surface area contributed by atoms with E-state index in [1.165, 1.54) is 199 Å². The number of rotatable bonds is 73. The minimum absolute atomic E-state index is 0.106. The van der Waals surface area contributed by atoms with Gasteiger partial charge < -0.3 is 33.8 Å². The van der Waals surface area contributed by atoms with E-state index in [-0.39, 0.29) is 25.7 Å². The van der Waals surface area contributed by atoms with Gasteiger partial charge in [0.1, 0.15) is 19.3 Å². The first kappa shape index (κ1) is 90.1. The van der Waals surface area contributed by atoms with Crippen molar-refractivity contribution in [3.05, 3.63) is 0 Å². The molecule has 0 aliphatic carbocycles. The van der Waals surface area contributed by atoms with Crippen LogP contribution < -0.4 is 0 Å². The summed E-state index contributed by atoms with van der Waals surface area (Å²) in [6.07, 6.45) is 54.2. The summed E-state index contributed by atoms with van der Waals surface area (Å²) in [7, 11) is -9.90. The van der Waals surface area contributed by atoms with E-state index < -0.39 is 97.5 Å². The summed E-state index contributed by atoms with van der Waals surface area (Å²) in [6, 6.07) is 0. The first-order valence-corrected chi connectivity index (χ1v) is 41.1. The molecule has 5 atom stereocenters. The molecule has 92 heavy (non-hydrogen) atoms. The van der Waals surface area contributed by atoms with E-state index in [0.29, 0.717) is 25.7 Å². The fourth-order valence-electron chi connectivity index (χ4n) is 11.2. The molecule has 0 rings (SSSR count). The van der Waals surface area contributed by atoms with E-state index in [1.807, 2.05) is 0 Å². The maximum Gasteiger partial charge on any atom is 0.472 e. The highest BCUT2D eigenvalue weighted by molar-refractivity contribution is 7.47. The third-order valence-corrected chi connectivity index (χ3v) is 18.9. The Balaban J connectivity index is 5.17. The third kappa shape index (κ3) is 66.7. The van der Waals surface area contributed by atoms with Gasteiger partial charge >= 0.3 is 39.5 Å². The minimum Gasteiger partial charge on any atom is -0.462 e. The summed E-state index contributed by atoms with van der Waals surface area (Å²) >= 11 is 0.